The molecule has 1 N–H and O–H groups in total. The second-order valence-electron chi connectivity index (χ2n) is 8.36. The van der Waals surface area contributed by atoms with Crippen molar-refractivity contribution in [3.8, 4) is 5.69 Å². The minimum absolute atomic E-state index is 0.120. The Bertz CT molecular complexity index is 1310. The molecule has 1 aromatic heterocycles. The minimum Gasteiger partial charge on any atom is -0.350 e. The van der Waals surface area contributed by atoms with Crippen LogP contribution in [-0.2, 0) is 0 Å². The summed E-state index contributed by atoms with van der Waals surface area (Å²) in [5, 5.41) is 3.67. The molecule has 1 amide bonds. The first-order valence-corrected chi connectivity index (χ1v) is 11.3. The van der Waals surface area contributed by atoms with Crippen molar-refractivity contribution in [1.82, 2.24) is 19.8 Å². The van der Waals surface area contributed by atoms with Gasteiger partial charge in [-0.05, 0) is 67.9 Å². The molecular formula is C27H26N4O2. The molecule has 3 aromatic carbocycles. The van der Waals surface area contributed by atoms with E-state index in [0.717, 1.165) is 13.1 Å². The second-order valence-corrected chi connectivity index (χ2v) is 8.36. The summed E-state index contributed by atoms with van der Waals surface area (Å²) < 4.78 is 1.50. The third-order valence-electron chi connectivity index (χ3n) is 6.29. The molecule has 1 aliphatic heterocycles. The predicted molar refractivity (Wildman–Crippen MR) is 130 cm³/mol. The number of para-hydroxylation sites is 1. The number of hydrogen-bond acceptors (Lipinski definition) is 4. The van der Waals surface area contributed by atoms with Gasteiger partial charge in [0.2, 0.25) is 0 Å². The number of hydrogen-bond donors (Lipinski definition) is 1. The van der Waals surface area contributed by atoms with E-state index < -0.39 is 0 Å². The number of fused-ring (bicyclic) bond motifs is 1. The summed E-state index contributed by atoms with van der Waals surface area (Å²) in [7, 11) is 0. The molecule has 1 saturated heterocycles. The monoisotopic (exact) mass is 438 g/mol. The first-order chi connectivity index (χ1) is 16.2. The van der Waals surface area contributed by atoms with Crippen molar-refractivity contribution in [2.45, 2.75) is 18.9 Å². The fraction of sp³-hybridized carbons (Fsp3) is 0.222. The molecule has 0 aliphatic carbocycles. The van der Waals surface area contributed by atoms with Gasteiger partial charge in [0.15, 0.2) is 0 Å². The van der Waals surface area contributed by atoms with Crippen molar-refractivity contribution < 1.29 is 4.79 Å². The largest absolute Gasteiger partial charge is 0.350 e. The molecule has 0 spiro atoms. The molecule has 0 bridgehead atoms. The topological polar surface area (TPSA) is 67.2 Å². The molecule has 5 rings (SSSR count). The smallest absolute Gasteiger partial charge is 0.265 e. The molecule has 1 aliphatic rings. The number of carbonyl (C=O) groups is 1. The van der Waals surface area contributed by atoms with Crippen LogP contribution in [0.2, 0.25) is 0 Å². The summed E-state index contributed by atoms with van der Waals surface area (Å²) in [4.78, 5) is 32.5. The Labute approximate surface area is 192 Å². The Kier molecular flexibility index (Phi) is 6.00. The van der Waals surface area contributed by atoms with E-state index in [9.17, 15) is 9.59 Å². The number of aromatic nitrogens is 2. The van der Waals surface area contributed by atoms with Gasteiger partial charge in [0.1, 0.15) is 6.33 Å². The number of rotatable bonds is 6. The fourth-order valence-corrected chi connectivity index (χ4v) is 4.50. The van der Waals surface area contributed by atoms with Crippen molar-refractivity contribution in [2.24, 2.45) is 0 Å². The number of likely N-dealkylation sites (tertiary alicyclic amines) is 1. The Balaban J connectivity index is 1.31. The van der Waals surface area contributed by atoms with E-state index in [1.807, 2.05) is 36.4 Å². The molecule has 1 fully saturated rings. The van der Waals surface area contributed by atoms with Crippen LogP contribution in [0, 0.1) is 0 Å². The molecular weight excluding hydrogens is 412 g/mol. The van der Waals surface area contributed by atoms with Gasteiger partial charge in [-0.2, -0.15) is 0 Å². The lowest BCUT2D eigenvalue weighted by atomic mass is 10.1. The minimum atomic E-state index is -0.130. The maximum atomic E-state index is 12.9. The van der Waals surface area contributed by atoms with Crippen molar-refractivity contribution in [3.63, 3.8) is 0 Å². The number of nitrogens with one attached hydrogen (secondary N) is 1. The van der Waals surface area contributed by atoms with Crippen LogP contribution in [0.5, 0.6) is 0 Å². The Hall–Kier alpha value is -3.77. The van der Waals surface area contributed by atoms with Crippen molar-refractivity contribution in [1.29, 1.82) is 0 Å². The lowest BCUT2D eigenvalue weighted by molar-refractivity contribution is 0.0938. The molecule has 166 valence electrons. The maximum Gasteiger partial charge on any atom is 0.265 e. The van der Waals surface area contributed by atoms with E-state index in [4.69, 9.17) is 0 Å². The van der Waals surface area contributed by atoms with E-state index >= 15 is 0 Å². The Morgan fingerprint density at radius 3 is 2.36 bits per heavy atom. The van der Waals surface area contributed by atoms with Gasteiger partial charge in [0, 0.05) is 12.1 Å². The van der Waals surface area contributed by atoms with Crippen LogP contribution >= 0.6 is 0 Å². The third kappa shape index (κ3) is 4.43. The zero-order chi connectivity index (χ0) is 22.6. The van der Waals surface area contributed by atoms with Crippen LogP contribution in [0.25, 0.3) is 16.6 Å². The highest BCUT2D eigenvalue weighted by molar-refractivity contribution is 5.94. The molecule has 4 aromatic rings. The standard InChI is InChI=1S/C27H26N4O2/c32-26(28-18-25(30-16-6-7-17-30)20-8-2-1-3-9-20)21-12-14-22(15-13-21)31-19-29-24-11-5-4-10-23(24)27(31)33/h1-5,8-15,19,25H,6-7,16-18H2,(H,28,32). The number of nitrogens with zero attached hydrogens (tertiary/aromatic N) is 3. The van der Waals surface area contributed by atoms with Gasteiger partial charge >= 0.3 is 0 Å². The van der Waals surface area contributed by atoms with E-state index in [1.54, 1.807) is 30.3 Å². The van der Waals surface area contributed by atoms with E-state index in [0.29, 0.717) is 28.7 Å². The first-order valence-electron chi connectivity index (χ1n) is 11.3. The van der Waals surface area contributed by atoms with Gasteiger partial charge < -0.3 is 5.32 Å². The fourth-order valence-electron chi connectivity index (χ4n) is 4.50. The van der Waals surface area contributed by atoms with Crippen LogP contribution < -0.4 is 10.9 Å². The highest BCUT2D eigenvalue weighted by atomic mass is 16.1. The van der Waals surface area contributed by atoms with E-state index in [2.05, 4.69) is 27.3 Å². The molecule has 1 atom stereocenters. The van der Waals surface area contributed by atoms with Gasteiger partial charge in [0.25, 0.3) is 11.5 Å². The number of benzene rings is 3. The average molecular weight is 439 g/mol. The van der Waals surface area contributed by atoms with Gasteiger partial charge in [-0.1, -0.05) is 42.5 Å². The molecule has 6 nitrogen and oxygen atoms in total. The average Bonchev–Trinajstić information content (AvgIpc) is 3.40. The predicted octanol–water partition coefficient (Wildman–Crippen LogP) is 3.95. The van der Waals surface area contributed by atoms with Crippen LogP contribution in [0.3, 0.4) is 0 Å². The van der Waals surface area contributed by atoms with Crippen LogP contribution in [0.1, 0.15) is 34.8 Å². The molecule has 33 heavy (non-hydrogen) atoms. The number of amides is 1. The van der Waals surface area contributed by atoms with E-state index in [1.165, 1.54) is 29.3 Å². The summed E-state index contributed by atoms with van der Waals surface area (Å²) in [6.07, 6.45) is 3.92. The normalized spacial score (nSPS) is 14.9. The summed E-state index contributed by atoms with van der Waals surface area (Å²) in [5.74, 6) is -0.120. The van der Waals surface area contributed by atoms with Crippen molar-refractivity contribution in [3.05, 3.63) is 107 Å². The van der Waals surface area contributed by atoms with Crippen LogP contribution in [-0.4, -0.2) is 40.0 Å². The van der Waals surface area contributed by atoms with Gasteiger partial charge in [-0.3, -0.25) is 19.1 Å². The van der Waals surface area contributed by atoms with Crippen LogP contribution in [0.4, 0.5) is 0 Å². The van der Waals surface area contributed by atoms with Gasteiger partial charge in [-0.25, -0.2) is 4.98 Å². The first kappa shape index (κ1) is 21.1. The summed E-state index contributed by atoms with van der Waals surface area (Å²) >= 11 is 0. The molecule has 0 radical (unpaired) electrons. The quantitative estimate of drug-likeness (QED) is 0.495. The van der Waals surface area contributed by atoms with Crippen LogP contribution in [0.15, 0.2) is 90.0 Å². The Morgan fingerprint density at radius 1 is 0.909 bits per heavy atom. The molecule has 0 saturated carbocycles. The highest BCUT2D eigenvalue weighted by Gasteiger charge is 2.24. The number of carbonyl (C=O) groups excluding carboxylic acids is 1. The lowest BCUT2D eigenvalue weighted by Gasteiger charge is -2.28. The third-order valence-corrected chi connectivity index (χ3v) is 6.29. The van der Waals surface area contributed by atoms with Gasteiger partial charge in [-0.15, -0.1) is 0 Å². The summed E-state index contributed by atoms with van der Waals surface area (Å²) in [6.45, 7) is 2.66. The lowest BCUT2D eigenvalue weighted by Crippen LogP contribution is -2.36. The molecule has 6 heteroatoms. The summed E-state index contributed by atoms with van der Waals surface area (Å²) in [6, 6.07) is 24.9. The van der Waals surface area contributed by atoms with Crippen molar-refractivity contribution in [2.75, 3.05) is 19.6 Å². The zero-order valence-electron chi connectivity index (χ0n) is 18.4. The SMILES string of the molecule is O=C(NCC(c1ccccc1)N1CCCC1)c1ccc(-n2cnc3ccccc3c2=O)cc1. The van der Waals surface area contributed by atoms with Crippen molar-refractivity contribution >= 4 is 16.8 Å². The maximum absolute atomic E-state index is 12.9. The van der Waals surface area contributed by atoms with E-state index in [-0.39, 0.29) is 17.5 Å². The summed E-state index contributed by atoms with van der Waals surface area (Å²) in [5.41, 5.74) is 3.00. The highest BCUT2D eigenvalue weighted by Crippen LogP contribution is 2.24. The molecule has 1 unspecified atom stereocenters. The second kappa shape index (κ2) is 9.38. The Morgan fingerprint density at radius 2 is 1.61 bits per heavy atom. The molecule has 2 heterocycles. The zero-order valence-corrected chi connectivity index (χ0v) is 18.4. The van der Waals surface area contributed by atoms with Gasteiger partial charge in [0.05, 0.1) is 22.6 Å².